The second-order valence-electron chi connectivity index (χ2n) is 11.4. The molecule has 0 radical (unpaired) electrons. The molecule has 1 saturated heterocycles. The lowest BCUT2D eigenvalue weighted by Gasteiger charge is -2.43. The number of benzene rings is 2. The number of pyridine rings is 1. The van der Waals surface area contributed by atoms with Gasteiger partial charge in [-0.1, -0.05) is 19.1 Å². The van der Waals surface area contributed by atoms with E-state index in [1.54, 1.807) is 37.6 Å². The fourth-order valence-electron chi connectivity index (χ4n) is 5.47. The number of Topliss-reactive ketones (excluding diaryl/α,β-unsaturated/α-hetero) is 1. The van der Waals surface area contributed by atoms with Crippen LogP contribution in [0.5, 0.6) is 11.5 Å². The summed E-state index contributed by atoms with van der Waals surface area (Å²) < 4.78 is 39.3. The highest BCUT2D eigenvalue weighted by Gasteiger charge is 2.53. The number of para-hydroxylation sites is 1. The average Bonchev–Trinajstić information content (AvgIpc) is 3.03. The zero-order valence-electron chi connectivity index (χ0n) is 28.4. The summed E-state index contributed by atoms with van der Waals surface area (Å²) in [5.41, 5.74) is 2.93. The lowest BCUT2D eigenvalue weighted by Crippen LogP contribution is -2.63. The van der Waals surface area contributed by atoms with Crippen LogP contribution in [0.2, 0.25) is 0 Å². The summed E-state index contributed by atoms with van der Waals surface area (Å²) in [4.78, 5) is 65.7. The molecule has 2 heterocycles. The zero-order valence-corrected chi connectivity index (χ0v) is 28.4. The quantitative estimate of drug-likeness (QED) is 0.149. The third-order valence-corrected chi connectivity index (χ3v) is 7.52. The Balaban J connectivity index is 1.70. The van der Waals surface area contributed by atoms with Crippen molar-refractivity contribution in [2.45, 2.75) is 85.1 Å². The minimum Gasteiger partial charge on any atom is -0.494 e. The molecule has 1 aliphatic heterocycles. The van der Waals surface area contributed by atoms with Crippen molar-refractivity contribution < 1.29 is 57.1 Å². The fourth-order valence-corrected chi connectivity index (χ4v) is 5.47. The van der Waals surface area contributed by atoms with Crippen LogP contribution in [0.25, 0.3) is 10.9 Å². The monoisotopic (exact) mass is 680 g/mol. The molecule has 262 valence electrons. The van der Waals surface area contributed by atoms with E-state index < -0.39 is 54.6 Å². The molecule has 0 bridgehead atoms. The summed E-state index contributed by atoms with van der Waals surface area (Å²) in [6.45, 7) is 7.98. The van der Waals surface area contributed by atoms with Crippen molar-refractivity contribution in [3.8, 4) is 11.5 Å². The highest BCUT2D eigenvalue weighted by atomic mass is 16.7. The maximum absolute atomic E-state index is 13.1. The summed E-state index contributed by atoms with van der Waals surface area (Å²) in [5.74, 6) is -2.11. The van der Waals surface area contributed by atoms with Crippen LogP contribution < -0.4 is 14.8 Å². The van der Waals surface area contributed by atoms with E-state index in [-0.39, 0.29) is 18.1 Å². The predicted octanol–water partition coefficient (Wildman–Crippen LogP) is 4.74. The molecule has 1 aromatic heterocycles. The van der Waals surface area contributed by atoms with Crippen LogP contribution in [0.4, 0.5) is 11.4 Å². The number of esters is 4. The van der Waals surface area contributed by atoms with Crippen LogP contribution in [0.1, 0.15) is 63.4 Å². The van der Waals surface area contributed by atoms with Crippen LogP contribution in [0.3, 0.4) is 0 Å². The molecule has 14 heteroatoms. The van der Waals surface area contributed by atoms with Crippen molar-refractivity contribution in [1.29, 1.82) is 0 Å². The number of anilines is 2. The molecule has 14 nitrogen and oxygen atoms in total. The van der Waals surface area contributed by atoms with Gasteiger partial charge in [-0.15, -0.1) is 0 Å². The molecular weight excluding hydrogens is 640 g/mol. The van der Waals surface area contributed by atoms with Gasteiger partial charge in [0.25, 0.3) is 0 Å². The molecule has 1 aliphatic rings. The molecule has 0 saturated carbocycles. The molecule has 1 fully saturated rings. The third-order valence-electron chi connectivity index (χ3n) is 7.52. The Labute approximate surface area is 283 Å². The molecule has 49 heavy (non-hydrogen) atoms. The van der Waals surface area contributed by atoms with Crippen LogP contribution in [0.15, 0.2) is 42.6 Å². The Bertz CT molecular complexity index is 1720. The van der Waals surface area contributed by atoms with E-state index in [0.29, 0.717) is 52.0 Å². The van der Waals surface area contributed by atoms with Crippen molar-refractivity contribution in [2.75, 3.05) is 19.0 Å². The lowest BCUT2D eigenvalue weighted by atomic mass is 9.98. The van der Waals surface area contributed by atoms with Gasteiger partial charge < -0.3 is 38.5 Å². The van der Waals surface area contributed by atoms with Gasteiger partial charge in [-0.2, -0.15) is 0 Å². The first-order chi connectivity index (χ1) is 23.3. The maximum atomic E-state index is 13.1. The maximum Gasteiger partial charge on any atom is 0.303 e. The van der Waals surface area contributed by atoms with Crippen molar-refractivity contribution in [2.24, 2.45) is 0 Å². The summed E-state index contributed by atoms with van der Waals surface area (Å²) in [6.07, 6.45) is -4.07. The summed E-state index contributed by atoms with van der Waals surface area (Å²) >= 11 is 0. The summed E-state index contributed by atoms with van der Waals surface area (Å²) in [7, 11) is 1.55. The van der Waals surface area contributed by atoms with Gasteiger partial charge in [0.1, 0.15) is 29.7 Å². The number of ether oxygens (including phenoxy) is 7. The normalized spacial score (nSPS) is 20.1. The van der Waals surface area contributed by atoms with Gasteiger partial charge in [-0.25, -0.2) is 0 Å². The number of hydrogen-bond acceptors (Lipinski definition) is 14. The lowest BCUT2D eigenvalue weighted by molar-refractivity contribution is -0.288. The largest absolute Gasteiger partial charge is 0.494 e. The molecule has 0 unspecified atom stereocenters. The molecule has 3 aromatic rings. The Hall–Kier alpha value is -5.24. The van der Waals surface area contributed by atoms with Gasteiger partial charge in [0.15, 0.2) is 18.0 Å². The average molecular weight is 681 g/mol. The van der Waals surface area contributed by atoms with Crippen LogP contribution in [-0.4, -0.2) is 79.1 Å². The zero-order chi connectivity index (χ0) is 35.8. The van der Waals surface area contributed by atoms with Gasteiger partial charge in [0.2, 0.25) is 12.4 Å². The standard InChI is InChI=1S/C35H40N2O12/c1-8-10-27(42)25-16-36-31-24(11-9-12-28(31)43-7)30(25)37-26-14-13-23(15-18(26)2)48-35-34(47-22(6)41)33(46-21(5)40)32(45-20(4)39)29(49-35)17-44-19(3)38/h9,11-16,29,32-35H,8,10,17H2,1-7H3,(H,36,37)/t29-,32-,33+,34-,35-/m1/s1. The van der Waals surface area contributed by atoms with Crippen molar-refractivity contribution >= 4 is 51.9 Å². The second-order valence-corrected chi connectivity index (χ2v) is 11.4. The Morgan fingerprint density at radius 2 is 1.55 bits per heavy atom. The Morgan fingerprint density at radius 1 is 0.878 bits per heavy atom. The molecule has 4 rings (SSSR count). The van der Waals surface area contributed by atoms with E-state index in [4.69, 9.17) is 33.2 Å². The number of ketones is 1. The molecule has 0 spiro atoms. The highest BCUT2D eigenvalue weighted by molar-refractivity contribution is 6.09. The summed E-state index contributed by atoms with van der Waals surface area (Å²) in [6, 6.07) is 10.5. The van der Waals surface area contributed by atoms with E-state index in [2.05, 4.69) is 10.3 Å². The van der Waals surface area contributed by atoms with Gasteiger partial charge >= 0.3 is 23.9 Å². The number of fused-ring (bicyclic) bond motifs is 1. The van der Waals surface area contributed by atoms with Crippen molar-refractivity contribution in [3.05, 3.63) is 53.7 Å². The molecule has 0 aliphatic carbocycles. The molecule has 0 amide bonds. The van der Waals surface area contributed by atoms with Gasteiger partial charge in [0, 0.05) is 51.4 Å². The number of aromatic nitrogens is 1. The fraction of sp³-hybridized carbons (Fsp3) is 0.429. The molecular formula is C35H40N2O12. The topological polar surface area (TPSA) is 175 Å². The number of carbonyl (C=O) groups excluding carboxylic acids is 5. The number of carbonyl (C=O) groups is 5. The second kappa shape index (κ2) is 16.2. The number of hydrogen-bond donors (Lipinski definition) is 1. The van der Waals surface area contributed by atoms with Gasteiger partial charge in [0.05, 0.1) is 18.4 Å². The van der Waals surface area contributed by atoms with Crippen LogP contribution >= 0.6 is 0 Å². The van der Waals surface area contributed by atoms with E-state index in [9.17, 15) is 24.0 Å². The first-order valence-electron chi connectivity index (χ1n) is 15.7. The van der Waals surface area contributed by atoms with E-state index in [0.717, 1.165) is 20.8 Å². The number of nitrogens with one attached hydrogen (secondary N) is 1. The number of methoxy groups -OCH3 is 1. The first-order valence-corrected chi connectivity index (χ1v) is 15.7. The van der Waals surface area contributed by atoms with E-state index >= 15 is 0 Å². The van der Waals surface area contributed by atoms with Gasteiger partial charge in [-0.05, 0) is 43.2 Å². The Morgan fingerprint density at radius 3 is 2.16 bits per heavy atom. The Kier molecular flexibility index (Phi) is 12.1. The van der Waals surface area contributed by atoms with E-state index in [1.807, 2.05) is 26.0 Å². The summed E-state index contributed by atoms with van der Waals surface area (Å²) in [5, 5.41) is 4.09. The molecule has 1 N–H and O–H groups in total. The number of rotatable bonds is 13. The van der Waals surface area contributed by atoms with Crippen LogP contribution in [-0.2, 0) is 42.9 Å². The minimum atomic E-state index is -1.39. The third kappa shape index (κ3) is 9.02. The number of nitrogens with zero attached hydrogens (tertiary/aromatic N) is 1. The molecule has 5 atom stereocenters. The predicted molar refractivity (Wildman–Crippen MR) is 175 cm³/mol. The van der Waals surface area contributed by atoms with Crippen molar-refractivity contribution in [3.63, 3.8) is 0 Å². The van der Waals surface area contributed by atoms with Gasteiger partial charge in [-0.3, -0.25) is 29.0 Å². The smallest absolute Gasteiger partial charge is 0.303 e. The van der Waals surface area contributed by atoms with Crippen LogP contribution in [0, 0.1) is 6.92 Å². The minimum absolute atomic E-state index is 0.0662. The van der Waals surface area contributed by atoms with Crippen molar-refractivity contribution in [1.82, 2.24) is 4.98 Å². The molecule has 2 aromatic carbocycles. The SMILES string of the molecule is CCCC(=O)c1cnc2c(OC)cccc2c1Nc1ccc(O[C@@H]2O[C@H](COC(C)=O)[C@@H](OC(C)=O)[C@H](OC(C)=O)[C@H]2OC(C)=O)cc1C. The first kappa shape index (κ1) is 36.6. The number of aryl methyl sites for hydroxylation is 1. The highest BCUT2D eigenvalue weighted by Crippen LogP contribution is 2.36. The van der Waals surface area contributed by atoms with E-state index in [1.165, 1.54) is 6.92 Å².